The quantitative estimate of drug-likeness (QED) is 0.618. The number of amides is 1. The first kappa shape index (κ1) is 20.8. The molecule has 3 rings (SSSR count). The fraction of sp³-hybridized carbons (Fsp3) is 0.227. The second kappa shape index (κ2) is 8.63. The zero-order valence-corrected chi connectivity index (χ0v) is 17.5. The first-order chi connectivity index (χ1) is 13.8. The van der Waals surface area contributed by atoms with Crippen LogP contribution in [-0.2, 0) is 10.2 Å². The van der Waals surface area contributed by atoms with E-state index in [2.05, 4.69) is 10.0 Å². The van der Waals surface area contributed by atoms with E-state index >= 15 is 0 Å². The van der Waals surface area contributed by atoms with Gasteiger partial charge in [-0.3, -0.25) is 9.52 Å². The first-order valence-corrected chi connectivity index (χ1v) is 10.8. The van der Waals surface area contributed by atoms with Crippen molar-refractivity contribution in [3.8, 4) is 0 Å². The van der Waals surface area contributed by atoms with Crippen molar-refractivity contribution in [2.75, 3.05) is 18.8 Å². The van der Waals surface area contributed by atoms with Crippen molar-refractivity contribution < 1.29 is 13.2 Å². The van der Waals surface area contributed by atoms with Crippen molar-refractivity contribution in [2.45, 2.75) is 19.4 Å². The summed E-state index contributed by atoms with van der Waals surface area (Å²) in [5.74, 6) is -0.166. The van der Waals surface area contributed by atoms with Crippen LogP contribution in [0.15, 0.2) is 66.7 Å². The molecule has 0 radical (unpaired) electrons. The van der Waals surface area contributed by atoms with E-state index in [1.54, 1.807) is 24.3 Å². The van der Waals surface area contributed by atoms with Crippen LogP contribution in [0.25, 0.3) is 10.8 Å². The lowest BCUT2D eigenvalue weighted by Crippen LogP contribution is -2.30. The van der Waals surface area contributed by atoms with Gasteiger partial charge in [-0.25, -0.2) is 0 Å². The van der Waals surface area contributed by atoms with Crippen LogP contribution in [0.5, 0.6) is 0 Å². The molecular formula is C22H25N3O3S. The molecule has 0 saturated heterocycles. The number of nitrogens with one attached hydrogen (secondary N) is 2. The molecule has 0 aliphatic rings. The van der Waals surface area contributed by atoms with E-state index in [9.17, 15) is 13.2 Å². The number of hydrogen-bond donors (Lipinski definition) is 2. The first-order valence-electron chi connectivity index (χ1n) is 9.40. The Morgan fingerprint density at radius 3 is 2.31 bits per heavy atom. The molecule has 3 aromatic rings. The Bertz CT molecular complexity index is 1110. The Balaban J connectivity index is 2.02. The van der Waals surface area contributed by atoms with Gasteiger partial charge in [0.2, 0.25) is 0 Å². The van der Waals surface area contributed by atoms with Gasteiger partial charge >= 0.3 is 10.2 Å². The van der Waals surface area contributed by atoms with Gasteiger partial charge in [-0.1, -0.05) is 49.4 Å². The van der Waals surface area contributed by atoms with E-state index < -0.39 is 10.2 Å². The highest BCUT2D eigenvalue weighted by molar-refractivity contribution is 7.90. The summed E-state index contributed by atoms with van der Waals surface area (Å²) < 4.78 is 28.3. The summed E-state index contributed by atoms with van der Waals surface area (Å²) in [4.78, 5) is 12.7. The maximum absolute atomic E-state index is 12.7. The molecule has 29 heavy (non-hydrogen) atoms. The van der Waals surface area contributed by atoms with Crippen LogP contribution in [0, 0.1) is 0 Å². The summed E-state index contributed by atoms with van der Waals surface area (Å²) in [6.07, 6.45) is 0.659. The lowest BCUT2D eigenvalue weighted by molar-refractivity contribution is 0.0936. The second-order valence-electron chi connectivity index (χ2n) is 6.98. The molecule has 0 fully saturated rings. The lowest BCUT2D eigenvalue weighted by atomic mass is 9.96. The van der Waals surface area contributed by atoms with Gasteiger partial charge in [0.1, 0.15) is 0 Å². The fourth-order valence-corrected chi connectivity index (χ4v) is 3.76. The average Bonchev–Trinajstić information content (AvgIpc) is 2.71. The number of nitrogens with zero attached hydrogens (tertiary/aromatic N) is 1. The molecule has 1 amide bonds. The molecule has 3 aromatic carbocycles. The molecule has 0 aliphatic carbocycles. The summed E-state index contributed by atoms with van der Waals surface area (Å²) in [6, 6.07) is 20.1. The van der Waals surface area contributed by atoms with Gasteiger partial charge in [0.05, 0.1) is 11.7 Å². The summed E-state index contributed by atoms with van der Waals surface area (Å²) in [7, 11) is -0.696. The van der Waals surface area contributed by atoms with Crippen LogP contribution in [0.3, 0.4) is 0 Å². The van der Waals surface area contributed by atoms with E-state index in [0.29, 0.717) is 17.7 Å². The average molecular weight is 412 g/mol. The number of carbonyl (C=O) groups is 1. The minimum atomic E-state index is -3.64. The number of fused-ring (bicyclic) bond motifs is 1. The maximum Gasteiger partial charge on any atom is 0.301 e. The number of rotatable bonds is 7. The highest BCUT2D eigenvalue weighted by Crippen LogP contribution is 2.31. The van der Waals surface area contributed by atoms with Gasteiger partial charge in [-0.2, -0.15) is 12.7 Å². The third-order valence-electron chi connectivity index (χ3n) is 4.75. The van der Waals surface area contributed by atoms with Gasteiger partial charge in [0.25, 0.3) is 5.91 Å². The molecule has 0 aromatic heterocycles. The second-order valence-corrected chi connectivity index (χ2v) is 8.86. The SMILES string of the molecule is CC[C@@H](NC(=O)c1ccccc1)c1cc(NS(=O)(=O)N(C)C)cc2ccccc12. The van der Waals surface area contributed by atoms with Crippen LogP contribution < -0.4 is 10.0 Å². The summed E-state index contributed by atoms with van der Waals surface area (Å²) >= 11 is 0. The number of hydrogen-bond acceptors (Lipinski definition) is 3. The standard InChI is InChI=1S/C22H25N3O3S/c1-4-21(23-22(26)16-10-6-5-7-11-16)20-15-18(24-29(27,28)25(2)3)14-17-12-8-9-13-19(17)20/h5-15,21,24H,4H2,1-3H3,(H,23,26)/t21-/m1/s1. The van der Waals surface area contributed by atoms with Crippen molar-refractivity contribution in [2.24, 2.45) is 0 Å². The van der Waals surface area contributed by atoms with Crippen molar-refractivity contribution in [1.29, 1.82) is 0 Å². The van der Waals surface area contributed by atoms with E-state index in [1.165, 1.54) is 14.1 Å². The molecule has 1 atom stereocenters. The molecule has 0 bridgehead atoms. The largest absolute Gasteiger partial charge is 0.345 e. The van der Waals surface area contributed by atoms with Crippen LogP contribution in [0.4, 0.5) is 5.69 Å². The van der Waals surface area contributed by atoms with Gasteiger partial charge in [0.15, 0.2) is 0 Å². The van der Waals surface area contributed by atoms with E-state index in [4.69, 9.17) is 0 Å². The molecule has 0 heterocycles. The van der Waals surface area contributed by atoms with E-state index in [-0.39, 0.29) is 11.9 Å². The Labute approximate surface area is 171 Å². The van der Waals surface area contributed by atoms with Gasteiger partial charge in [0, 0.05) is 19.7 Å². The predicted molar refractivity (Wildman–Crippen MR) is 117 cm³/mol. The number of anilines is 1. The highest BCUT2D eigenvalue weighted by atomic mass is 32.2. The Morgan fingerprint density at radius 1 is 1.00 bits per heavy atom. The predicted octanol–water partition coefficient (Wildman–Crippen LogP) is 3.94. The Hall–Kier alpha value is -2.90. The third-order valence-corrected chi connectivity index (χ3v) is 6.20. The smallest absolute Gasteiger partial charge is 0.301 e. The topological polar surface area (TPSA) is 78.5 Å². The van der Waals surface area contributed by atoms with Gasteiger partial charge < -0.3 is 5.32 Å². The normalized spacial score (nSPS) is 12.7. The van der Waals surface area contributed by atoms with E-state index in [1.807, 2.05) is 49.4 Å². The molecule has 0 spiro atoms. The molecular weight excluding hydrogens is 386 g/mol. The number of carbonyl (C=O) groups excluding carboxylic acids is 1. The Kier molecular flexibility index (Phi) is 6.20. The monoisotopic (exact) mass is 411 g/mol. The van der Waals surface area contributed by atoms with Crippen molar-refractivity contribution in [3.63, 3.8) is 0 Å². The fourth-order valence-electron chi connectivity index (χ4n) is 3.16. The molecule has 0 saturated carbocycles. The molecule has 2 N–H and O–H groups in total. The van der Waals surface area contributed by atoms with Crippen LogP contribution in [0.2, 0.25) is 0 Å². The van der Waals surface area contributed by atoms with Crippen molar-refractivity contribution in [1.82, 2.24) is 9.62 Å². The molecule has 0 aliphatic heterocycles. The molecule has 0 unspecified atom stereocenters. The molecule has 152 valence electrons. The minimum absolute atomic E-state index is 0.166. The Morgan fingerprint density at radius 2 is 1.66 bits per heavy atom. The van der Waals surface area contributed by atoms with Crippen LogP contribution >= 0.6 is 0 Å². The summed E-state index contributed by atoms with van der Waals surface area (Å²) in [5.41, 5.74) is 1.91. The van der Waals surface area contributed by atoms with Crippen LogP contribution in [-0.4, -0.2) is 32.7 Å². The molecule has 7 heteroatoms. The van der Waals surface area contributed by atoms with Crippen molar-refractivity contribution >= 4 is 32.6 Å². The van der Waals surface area contributed by atoms with E-state index in [0.717, 1.165) is 20.6 Å². The summed E-state index contributed by atoms with van der Waals surface area (Å²) in [5, 5.41) is 4.95. The zero-order chi connectivity index (χ0) is 21.0. The maximum atomic E-state index is 12.7. The van der Waals surface area contributed by atoms with Crippen molar-refractivity contribution in [3.05, 3.63) is 77.9 Å². The highest BCUT2D eigenvalue weighted by Gasteiger charge is 2.19. The van der Waals surface area contributed by atoms with Gasteiger partial charge in [-0.05, 0) is 47.0 Å². The summed E-state index contributed by atoms with van der Waals surface area (Å²) in [6.45, 7) is 1.99. The minimum Gasteiger partial charge on any atom is -0.345 e. The van der Waals surface area contributed by atoms with Crippen LogP contribution in [0.1, 0.15) is 35.3 Å². The number of benzene rings is 3. The lowest BCUT2D eigenvalue weighted by Gasteiger charge is -2.22. The third kappa shape index (κ3) is 4.75. The molecule has 6 nitrogen and oxygen atoms in total. The zero-order valence-electron chi connectivity index (χ0n) is 16.7. The van der Waals surface area contributed by atoms with Gasteiger partial charge in [-0.15, -0.1) is 0 Å².